The lowest BCUT2D eigenvalue weighted by Gasteiger charge is -2.20. The van der Waals surface area contributed by atoms with E-state index >= 15 is 0 Å². The van der Waals surface area contributed by atoms with Gasteiger partial charge in [0.15, 0.2) is 0 Å². The molecule has 1 heterocycles. The maximum absolute atomic E-state index is 11.2. The Bertz CT molecular complexity index is 305. The molecule has 16 heavy (non-hydrogen) atoms. The van der Waals surface area contributed by atoms with Crippen LogP contribution in [0.3, 0.4) is 0 Å². The first-order valence-corrected chi connectivity index (χ1v) is 5.25. The molecule has 5 nitrogen and oxygen atoms in total. The smallest absolute Gasteiger partial charge is 0.441 e. The molecular formula is C11H18N2O3. The molecular weight excluding hydrogens is 208 g/mol. The lowest BCUT2D eigenvalue weighted by molar-refractivity contribution is 0.0579. The van der Waals surface area contributed by atoms with Crippen LogP contribution >= 0.6 is 0 Å². The van der Waals surface area contributed by atoms with Gasteiger partial charge in [-0.2, -0.15) is 5.11 Å². The van der Waals surface area contributed by atoms with Crippen LogP contribution in [0.25, 0.3) is 0 Å². The van der Waals surface area contributed by atoms with Crippen LogP contribution in [0.2, 0.25) is 0 Å². The van der Waals surface area contributed by atoms with Crippen molar-refractivity contribution in [3.8, 4) is 0 Å². The molecule has 0 aromatic rings. The monoisotopic (exact) mass is 226 g/mol. The zero-order valence-electron chi connectivity index (χ0n) is 10.0. The summed E-state index contributed by atoms with van der Waals surface area (Å²) in [6, 6.07) is -0.117. The number of amides is 1. The average Bonchev–Trinajstić information content (AvgIpc) is 2.12. The highest BCUT2D eigenvalue weighted by molar-refractivity contribution is 5.67. The van der Waals surface area contributed by atoms with E-state index in [-0.39, 0.29) is 6.04 Å². The van der Waals surface area contributed by atoms with Crippen LogP contribution in [0.5, 0.6) is 0 Å². The van der Waals surface area contributed by atoms with E-state index in [1.807, 2.05) is 0 Å². The van der Waals surface area contributed by atoms with Crippen LogP contribution in [-0.4, -0.2) is 30.9 Å². The van der Waals surface area contributed by atoms with Gasteiger partial charge in [-0.3, -0.25) is 0 Å². The Morgan fingerprint density at radius 3 is 2.81 bits per heavy atom. The Hall–Kier alpha value is -1.23. The number of nitrogens with zero attached hydrogens (tertiary/aromatic N) is 2. The van der Waals surface area contributed by atoms with Crippen LogP contribution in [0.4, 0.5) is 4.79 Å². The Morgan fingerprint density at radius 1 is 1.56 bits per heavy atom. The molecule has 0 bridgehead atoms. The van der Waals surface area contributed by atoms with E-state index in [2.05, 4.69) is 16.8 Å². The molecule has 0 radical (unpaired) electrons. The largest absolute Gasteiger partial charge is 0.452 e. The van der Waals surface area contributed by atoms with E-state index in [1.54, 1.807) is 20.8 Å². The summed E-state index contributed by atoms with van der Waals surface area (Å²) in [6.45, 7) is 10.2. The van der Waals surface area contributed by atoms with Gasteiger partial charge in [0, 0.05) is 0 Å². The first-order chi connectivity index (χ1) is 7.37. The first-order valence-electron chi connectivity index (χ1n) is 5.25. The van der Waals surface area contributed by atoms with Crippen molar-refractivity contribution in [2.45, 2.75) is 38.8 Å². The minimum absolute atomic E-state index is 0.117. The number of azo groups is 1. The second-order valence-corrected chi connectivity index (χ2v) is 4.82. The van der Waals surface area contributed by atoms with E-state index in [0.29, 0.717) is 19.6 Å². The van der Waals surface area contributed by atoms with Gasteiger partial charge in [-0.25, -0.2) is 4.79 Å². The van der Waals surface area contributed by atoms with Gasteiger partial charge in [0.05, 0.1) is 19.3 Å². The number of ether oxygens (including phenoxy) is 2. The third kappa shape index (κ3) is 5.02. The van der Waals surface area contributed by atoms with Crippen LogP contribution in [0, 0.1) is 0 Å². The maximum atomic E-state index is 11.2. The zero-order chi connectivity index (χ0) is 12.2. The average molecular weight is 226 g/mol. The molecule has 5 heteroatoms. The summed E-state index contributed by atoms with van der Waals surface area (Å²) in [5, 5.41) is 7.39. The Balaban J connectivity index is 2.41. The minimum Gasteiger partial charge on any atom is -0.441 e. The third-order valence-corrected chi connectivity index (χ3v) is 1.84. The normalized spacial score (nSPS) is 22.4. The van der Waals surface area contributed by atoms with Gasteiger partial charge in [-0.15, -0.1) is 0 Å². The van der Waals surface area contributed by atoms with Gasteiger partial charge < -0.3 is 9.47 Å². The molecule has 1 atom stereocenters. The third-order valence-electron chi connectivity index (χ3n) is 1.84. The summed E-state index contributed by atoms with van der Waals surface area (Å²) < 4.78 is 10.2. The minimum atomic E-state index is -0.663. The van der Waals surface area contributed by atoms with E-state index in [9.17, 15) is 4.79 Å². The molecule has 0 aromatic carbocycles. The molecule has 1 fully saturated rings. The van der Waals surface area contributed by atoms with Crippen molar-refractivity contribution in [1.29, 1.82) is 0 Å². The molecule has 1 aliphatic heterocycles. The highest BCUT2D eigenvalue weighted by Crippen LogP contribution is 2.15. The Morgan fingerprint density at radius 2 is 2.25 bits per heavy atom. The van der Waals surface area contributed by atoms with Gasteiger partial charge in [0.1, 0.15) is 5.60 Å². The van der Waals surface area contributed by atoms with Gasteiger partial charge >= 0.3 is 6.09 Å². The molecule has 0 spiro atoms. The number of rotatable bonds is 1. The van der Waals surface area contributed by atoms with E-state index in [1.165, 1.54) is 0 Å². The van der Waals surface area contributed by atoms with Gasteiger partial charge in [-0.1, -0.05) is 11.7 Å². The quantitative estimate of drug-likeness (QED) is 0.510. The fourth-order valence-electron chi connectivity index (χ4n) is 1.28. The topological polar surface area (TPSA) is 60.2 Å². The van der Waals surface area contributed by atoms with E-state index in [4.69, 9.17) is 9.47 Å². The summed E-state index contributed by atoms with van der Waals surface area (Å²) in [6.07, 6.45) is 0.0513. The number of hydrogen-bond donors (Lipinski definition) is 0. The van der Waals surface area contributed by atoms with E-state index in [0.717, 1.165) is 5.57 Å². The molecule has 90 valence electrons. The van der Waals surface area contributed by atoms with Crippen molar-refractivity contribution in [2.24, 2.45) is 10.2 Å². The summed E-state index contributed by atoms with van der Waals surface area (Å²) in [5.74, 6) is 0. The molecule has 1 rings (SSSR count). The summed E-state index contributed by atoms with van der Waals surface area (Å²) >= 11 is 0. The molecule has 1 aliphatic rings. The van der Waals surface area contributed by atoms with Crippen LogP contribution in [0.1, 0.15) is 27.2 Å². The molecule has 1 saturated heterocycles. The standard InChI is InChI=1S/C11H18N2O3/c1-8-5-9(7-15-6-8)12-13-10(14)16-11(2,3)4/h9H,1,5-7H2,2-4H3/t9-/m0/s1. The predicted octanol–water partition coefficient (Wildman–Crippen LogP) is 2.72. The highest BCUT2D eigenvalue weighted by Gasteiger charge is 2.18. The van der Waals surface area contributed by atoms with E-state index < -0.39 is 11.7 Å². The van der Waals surface area contributed by atoms with Gasteiger partial charge in [0.25, 0.3) is 0 Å². The molecule has 0 aromatic heterocycles. The van der Waals surface area contributed by atoms with Crippen molar-refractivity contribution in [1.82, 2.24) is 0 Å². The number of carbonyl (C=O) groups excluding carboxylic acids is 1. The molecule has 1 amide bonds. The van der Waals surface area contributed by atoms with Crippen molar-refractivity contribution in [3.05, 3.63) is 12.2 Å². The molecule has 0 aliphatic carbocycles. The van der Waals surface area contributed by atoms with Crippen molar-refractivity contribution >= 4 is 6.09 Å². The number of carbonyl (C=O) groups is 1. The molecule has 0 unspecified atom stereocenters. The van der Waals surface area contributed by atoms with Crippen LogP contribution in [0.15, 0.2) is 22.4 Å². The SMILES string of the molecule is C=C1COC[C@@H](N=NC(=O)OC(C)(C)C)C1. The highest BCUT2D eigenvalue weighted by atomic mass is 16.6. The van der Waals surface area contributed by atoms with Crippen molar-refractivity contribution in [2.75, 3.05) is 13.2 Å². The second-order valence-electron chi connectivity index (χ2n) is 4.82. The van der Waals surface area contributed by atoms with Crippen LogP contribution < -0.4 is 0 Å². The van der Waals surface area contributed by atoms with Crippen LogP contribution in [-0.2, 0) is 9.47 Å². The Labute approximate surface area is 95.5 Å². The second kappa shape index (κ2) is 5.21. The van der Waals surface area contributed by atoms with Crippen molar-refractivity contribution < 1.29 is 14.3 Å². The summed E-state index contributed by atoms with van der Waals surface area (Å²) in [7, 11) is 0. The maximum Gasteiger partial charge on any atom is 0.452 e. The fourth-order valence-corrected chi connectivity index (χ4v) is 1.28. The Kier molecular flexibility index (Phi) is 4.18. The van der Waals surface area contributed by atoms with Gasteiger partial charge in [0.2, 0.25) is 0 Å². The molecule has 0 N–H and O–H groups in total. The summed E-state index contributed by atoms with van der Waals surface area (Å²) in [5.41, 5.74) is 0.433. The summed E-state index contributed by atoms with van der Waals surface area (Å²) in [4.78, 5) is 11.2. The zero-order valence-corrected chi connectivity index (χ0v) is 10.0. The van der Waals surface area contributed by atoms with Crippen molar-refractivity contribution in [3.63, 3.8) is 0 Å². The molecule has 0 saturated carbocycles. The lowest BCUT2D eigenvalue weighted by atomic mass is 10.1. The number of hydrogen-bond acceptors (Lipinski definition) is 4. The first kappa shape index (κ1) is 12.8. The fraction of sp³-hybridized carbons (Fsp3) is 0.727. The lowest BCUT2D eigenvalue weighted by Crippen LogP contribution is -2.24. The predicted molar refractivity (Wildman–Crippen MR) is 59.5 cm³/mol. The van der Waals surface area contributed by atoms with Gasteiger partial charge in [-0.05, 0) is 32.8 Å².